The van der Waals surface area contributed by atoms with E-state index in [0.717, 1.165) is 31.2 Å². The van der Waals surface area contributed by atoms with Gasteiger partial charge in [-0.3, -0.25) is 5.41 Å². The summed E-state index contributed by atoms with van der Waals surface area (Å²) in [5.41, 5.74) is 8.60. The van der Waals surface area contributed by atoms with Gasteiger partial charge in [0.25, 0.3) is 0 Å². The van der Waals surface area contributed by atoms with Crippen molar-refractivity contribution in [3.8, 4) is 11.3 Å². The first kappa shape index (κ1) is 19.7. The number of thiazole rings is 1. The van der Waals surface area contributed by atoms with Crippen LogP contribution in [-0.2, 0) is 0 Å². The fourth-order valence-corrected chi connectivity index (χ4v) is 5.16. The number of fused-ring (bicyclic) bond motifs is 1. The lowest BCUT2D eigenvalue weighted by atomic mass is 10.1. The molecule has 27 heavy (non-hydrogen) atoms. The molecule has 2 heterocycles. The zero-order chi connectivity index (χ0) is 18.1. The van der Waals surface area contributed by atoms with Crippen molar-refractivity contribution in [3.05, 3.63) is 58.8 Å². The highest BCUT2D eigenvalue weighted by atomic mass is 35.5. The molecule has 0 unspecified atom stereocenters. The number of hydrogen-bond donors (Lipinski definition) is 3. The van der Waals surface area contributed by atoms with Crippen LogP contribution in [0.4, 0.5) is 10.8 Å². The fraction of sp³-hybridized carbons (Fsp3) is 0.0526. The molecule has 0 spiro atoms. The Kier molecular flexibility index (Phi) is 6.06. The Morgan fingerprint density at radius 2 is 1.93 bits per heavy atom. The standard InChI is InChI=1S/C19H16N4S3.ClH/c1-24-18-14(9-16(26-18)17(20)21)15-10-25-19(23-15)22-13-7-6-11-4-2-3-5-12(11)8-13;/h2-10H,1H3,(H3,20,21)(H,22,23);1H. The number of rotatable bonds is 5. The van der Waals surface area contributed by atoms with Crippen LogP contribution >= 0.6 is 46.8 Å². The summed E-state index contributed by atoms with van der Waals surface area (Å²) in [6, 6.07) is 16.5. The molecule has 0 aliphatic heterocycles. The van der Waals surface area contributed by atoms with Crippen molar-refractivity contribution in [2.75, 3.05) is 11.6 Å². The van der Waals surface area contributed by atoms with Gasteiger partial charge < -0.3 is 11.1 Å². The van der Waals surface area contributed by atoms with Gasteiger partial charge in [0.1, 0.15) is 5.84 Å². The second kappa shape index (κ2) is 8.31. The molecule has 4 nitrogen and oxygen atoms in total. The number of nitrogens with zero attached hydrogens (tertiary/aromatic N) is 1. The number of aromatic nitrogens is 1. The third-order valence-corrected chi connectivity index (χ3v) is 6.99. The summed E-state index contributed by atoms with van der Waals surface area (Å²) in [7, 11) is 0. The monoisotopic (exact) mass is 432 g/mol. The summed E-state index contributed by atoms with van der Waals surface area (Å²) in [5.74, 6) is 0.0984. The van der Waals surface area contributed by atoms with Gasteiger partial charge >= 0.3 is 0 Å². The number of hydrogen-bond acceptors (Lipinski definition) is 6. The molecule has 0 radical (unpaired) electrons. The molecule has 8 heteroatoms. The van der Waals surface area contributed by atoms with Crippen LogP contribution in [-0.4, -0.2) is 17.1 Å². The van der Waals surface area contributed by atoms with E-state index >= 15 is 0 Å². The number of anilines is 2. The van der Waals surface area contributed by atoms with E-state index in [9.17, 15) is 0 Å². The summed E-state index contributed by atoms with van der Waals surface area (Å²) in [4.78, 5) is 5.51. The second-order valence-corrected chi connectivity index (χ2v) is 8.64. The molecule has 0 amide bonds. The quantitative estimate of drug-likeness (QED) is 0.199. The van der Waals surface area contributed by atoms with Crippen molar-refractivity contribution >= 4 is 74.3 Å². The molecular formula is C19H17ClN4S3. The third-order valence-electron chi connectivity index (χ3n) is 3.93. The molecule has 2 aromatic carbocycles. The molecule has 0 bridgehead atoms. The van der Waals surface area contributed by atoms with E-state index in [1.54, 1.807) is 23.1 Å². The highest BCUT2D eigenvalue weighted by Gasteiger charge is 2.15. The normalized spacial score (nSPS) is 10.6. The summed E-state index contributed by atoms with van der Waals surface area (Å²) in [5, 5.41) is 16.3. The van der Waals surface area contributed by atoms with E-state index in [4.69, 9.17) is 16.1 Å². The van der Waals surface area contributed by atoms with Crippen LogP contribution in [0.2, 0.25) is 0 Å². The highest BCUT2D eigenvalue weighted by molar-refractivity contribution is 8.00. The molecular weight excluding hydrogens is 416 g/mol. The lowest BCUT2D eigenvalue weighted by Crippen LogP contribution is -2.08. The molecule has 0 fully saturated rings. The predicted molar refractivity (Wildman–Crippen MR) is 123 cm³/mol. The first-order chi connectivity index (χ1) is 12.6. The number of halogens is 1. The SMILES string of the molecule is CSc1sc(C(=N)N)cc1-c1csc(Nc2ccc3ccccc3c2)n1.Cl. The molecule has 4 rings (SSSR count). The van der Waals surface area contributed by atoms with E-state index < -0.39 is 0 Å². The zero-order valence-corrected chi connectivity index (χ0v) is 17.6. The van der Waals surface area contributed by atoms with Crippen molar-refractivity contribution in [3.63, 3.8) is 0 Å². The van der Waals surface area contributed by atoms with E-state index in [2.05, 4.69) is 35.6 Å². The number of nitrogen functional groups attached to an aromatic ring is 1. The molecule has 0 aliphatic rings. The maximum atomic E-state index is 7.65. The number of benzene rings is 2. The minimum atomic E-state index is 0. The van der Waals surface area contributed by atoms with Crippen LogP contribution in [0.5, 0.6) is 0 Å². The number of amidine groups is 1. The van der Waals surface area contributed by atoms with E-state index in [1.165, 1.54) is 22.1 Å². The Balaban J connectivity index is 0.00000210. The minimum Gasteiger partial charge on any atom is -0.383 e. The van der Waals surface area contributed by atoms with Crippen molar-refractivity contribution in [2.45, 2.75) is 4.21 Å². The van der Waals surface area contributed by atoms with Crippen LogP contribution in [0.3, 0.4) is 0 Å². The van der Waals surface area contributed by atoms with Gasteiger partial charge in [-0.05, 0) is 35.2 Å². The Bertz CT molecular complexity index is 1100. The van der Waals surface area contributed by atoms with E-state index in [0.29, 0.717) is 0 Å². The molecule has 4 N–H and O–H groups in total. The molecule has 0 saturated carbocycles. The Hall–Kier alpha value is -2.06. The molecule has 138 valence electrons. The smallest absolute Gasteiger partial charge is 0.187 e. The second-order valence-electron chi connectivity index (χ2n) is 5.65. The van der Waals surface area contributed by atoms with Gasteiger partial charge in [-0.25, -0.2) is 4.98 Å². The maximum Gasteiger partial charge on any atom is 0.187 e. The Morgan fingerprint density at radius 1 is 1.15 bits per heavy atom. The van der Waals surface area contributed by atoms with E-state index in [1.807, 2.05) is 29.8 Å². The van der Waals surface area contributed by atoms with Crippen LogP contribution in [0.1, 0.15) is 4.88 Å². The number of thioether (sulfide) groups is 1. The topological polar surface area (TPSA) is 74.8 Å². The van der Waals surface area contributed by atoms with Crippen molar-refractivity contribution in [1.82, 2.24) is 4.98 Å². The molecule has 0 atom stereocenters. The van der Waals surface area contributed by atoms with Crippen LogP contribution < -0.4 is 11.1 Å². The molecule has 0 saturated heterocycles. The maximum absolute atomic E-state index is 7.65. The highest BCUT2D eigenvalue weighted by Crippen LogP contribution is 2.39. The summed E-state index contributed by atoms with van der Waals surface area (Å²) in [6.45, 7) is 0. The largest absolute Gasteiger partial charge is 0.383 e. The molecule has 2 aromatic heterocycles. The van der Waals surface area contributed by atoms with Gasteiger partial charge in [0.15, 0.2) is 5.13 Å². The zero-order valence-electron chi connectivity index (χ0n) is 14.4. The number of nitrogens with two attached hydrogens (primary N) is 1. The predicted octanol–water partition coefficient (Wildman–Crippen LogP) is 6.20. The minimum absolute atomic E-state index is 0. The first-order valence-electron chi connectivity index (χ1n) is 7.88. The van der Waals surface area contributed by atoms with Gasteiger partial charge in [-0.1, -0.05) is 30.3 Å². The van der Waals surface area contributed by atoms with E-state index in [-0.39, 0.29) is 18.2 Å². The van der Waals surface area contributed by atoms with Gasteiger partial charge in [0, 0.05) is 16.6 Å². The van der Waals surface area contributed by atoms with Crippen molar-refractivity contribution < 1.29 is 0 Å². The summed E-state index contributed by atoms with van der Waals surface area (Å²) in [6.07, 6.45) is 2.03. The Labute approximate surface area is 175 Å². The fourth-order valence-electron chi connectivity index (χ4n) is 2.68. The lowest BCUT2D eigenvalue weighted by Gasteiger charge is -2.04. The average molecular weight is 433 g/mol. The van der Waals surface area contributed by atoms with Crippen LogP contribution in [0, 0.1) is 5.41 Å². The summed E-state index contributed by atoms with van der Waals surface area (Å²) < 4.78 is 1.12. The van der Waals surface area contributed by atoms with Gasteiger partial charge in [-0.2, -0.15) is 0 Å². The number of thiophene rings is 1. The van der Waals surface area contributed by atoms with Gasteiger partial charge in [0.2, 0.25) is 0 Å². The van der Waals surface area contributed by atoms with Crippen LogP contribution in [0.25, 0.3) is 22.0 Å². The summed E-state index contributed by atoms with van der Waals surface area (Å²) >= 11 is 4.76. The molecule has 4 aromatic rings. The lowest BCUT2D eigenvalue weighted by molar-refractivity contribution is 1.38. The van der Waals surface area contributed by atoms with Crippen LogP contribution in [0.15, 0.2) is 58.1 Å². The van der Waals surface area contributed by atoms with Crippen molar-refractivity contribution in [2.24, 2.45) is 5.73 Å². The van der Waals surface area contributed by atoms with Gasteiger partial charge in [0.05, 0.1) is 14.8 Å². The molecule has 0 aliphatic carbocycles. The average Bonchev–Trinajstić information content (AvgIpc) is 3.28. The number of nitrogens with one attached hydrogen (secondary N) is 2. The third kappa shape index (κ3) is 4.11. The Morgan fingerprint density at radius 3 is 2.67 bits per heavy atom. The first-order valence-corrected chi connectivity index (χ1v) is 10.8. The van der Waals surface area contributed by atoms with Crippen molar-refractivity contribution in [1.29, 1.82) is 5.41 Å². The van der Waals surface area contributed by atoms with Gasteiger partial charge in [-0.15, -0.1) is 46.8 Å².